The number of carbonyl (C=O) groups is 1. The number of methoxy groups -OCH3 is 1. The van der Waals surface area contributed by atoms with Crippen molar-refractivity contribution in [3.63, 3.8) is 0 Å². The molecule has 6 nitrogen and oxygen atoms in total. The summed E-state index contributed by atoms with van der Waals surface area (Å²) < 4.78 is 11.7. The summed E-state index contributed by atoms with van der Waals surface area (Å²) in [6.45, 7) is 2.02. The fraction of sp³-hybridized carbons (Fsp3) is 0.148. The van der Waals surface area contributed by atoms with E-state index < -0.39 is 0 Å². The van der Waals surface area contributed by atoms with Gasteiger partial charge >= 0.3 is 0 Å². The Bertz CT molecular complexity index is 1340. The number of ether oxygens (including phenoxy) is 2. The van der Waals surface area contributed by atoms with Gasteiger partial charge in [0.15, 0.2) is 23.2 Å². The Labute approximate surface area is 202 Å². The van der Waals surface area contributed by atoms with Crippen LogP contribution in [0.1, 0.15) is 18.1 Å². The standard InChI is InChI=1S/C27H23N3O3S/c1-3-19-8-12-21(13-9-19)30(27-29-22-6-4-5-7-25(22)34-27)26(31)15-11-20-10-14-23(33-17-16-28)24(18-20)32-2/h4-15,18H,3,17H2,1-2H3/b15-11+. The van der Waals surface area contributed by atoms with Crippen LogP contribution in [-0.4, -0.2) is 24.6 Å². The molecule has 0 aliphatic carbocycles. The van der Waals surface area contributed by atoms with E-state index >= 15 is 0 Å². The van der Waals surface area contributed by atoms with Crippen LogP contribution in [0.15, 0.2) is 72.8 Å². The Morgan fingerprint density at radius 1 is 1.12 bits per heavy atom. The third-order valence-electron chi connectivity index (χ3n) is 5.20. The van der Waals surface area contributed by atoms with Gasteiger partial charge < -0.3 is 9.47 Å². The molecule has 0 N–H and O–H groups in total. The minimum Gasteiger partial charge on any atom is -0.493 e. The van der Waals surface area contributed by atoms with E-state index in [1.54, 1.807) is 29.2 Å². The van der Waals surface area contributed by atoms with Gasteiger partial charge in [-0.2, -0.15) is 5.26 Å². The highest BCUT2D eigenvalue weighted by Gasteiger charge is 2.20. The van der Waals surface area contributed by atoms with Crippen molar-refractivity contribution in [3.05, 3.63) is 83.9 Å². The molecule has 1 amide bonds. The van der Waals surface area contributed by atoms with Crippen LogP contribution in [0.25, 0.3) is 16.3 Å². The largest absolute Gasteiger partial charge is 0.493 e. The molecule has 0 fully saturated rings. The molecule has 0 radical (unpaired) electrons. The highest BCUT2D eigenvalue weighted by atomic mass is 32.1. The van der Waals surface area contributed by atoms with Gasteiger partial charge in [-0.1, -0.05) is 48.6 Å². The fourth-order valence-corrected chi connectivity index (χ4v) is 4.42. The highest BCUT2D eigenvalue weighted by Crippen LogP contribution is 2.34. The molecule has 0 atom stereocenters. The first-order valence-electron chi connectivity index (χ1n) is 10.8. The molecule has 4 rings (SSSR count). The van der Waals surface area contributed by atoms with Crippen molar-refractivity contribution < 1.29 is 14.3 Å². The van der Waals surface area contributed by atoms with E-state index in [1.165, 1.54) is 30.1 Å². The molecule has 3 aromatic carbocycles. The number of nitriles is 1. The van der Waals surface area contributed by atoms with Crippen molar-refractivity contribution >= 4 is 44.4 Å². The minimum atomic E-state index is -0.216. The van der Waals surface area contributed by atoms with Gasteiger partial charge in [0.1, 0.15) is 6.07 Å². The van der Waals surface area contributed by atoms with Gasteiger partial charge in [-0.15, -0.1) is 0 Å². The van der Waals surface area contributed by atoms with Crippen molar-refractivity contribution in [3.8, 4) is 17.6 Å². The molecular formula is C27H23N3O3S. The second-order valence-electron chi connectivity index (χ2n) is 7.35. The third kappa shape index (κ3) is 5.08. The summed E-state index contributed by atoms with van der Waals surface area (Å²) in [5.74, 6) is 0.745. The number of fused-ring (bicyclic) bond motifs is 1. The maximum atomic E-state index is 13.4. The summed E-state index contributed by atoms with van der Waals surface area (Å²) in [7, 11) is 1.53. The average molecular weight is 470 g/mol. The zero-order valence-corrected chi connectivity index (χ0v) is 19.7. The lowest BCUT2D eigenvalue weighted by Crippen LogP contribution is -2.23. The number of nitrogens with zero attached hydrogens (tertiary/aromatic N) is 3. The second-order valence-corrected chi connectivity index (χ2v) is 8.36. The molecule has 0 unspecified atom stereocenters. The maximum absolute atomic E-state index is 13.4. The molecule has 0 saturated heterocycles. The molecule has 0 saturated carbocycles. The molecule has 0 aliphatic rings. The van der Waals surface area contributed by atoms with Gasteiger partial charge in [-0.05, 0) is 60.0 Å². The summed E-state index contributed by atoms with van der Waals surface area (Å²) in [6, 6.07) is 23.0. The number of aryl methyl sites for hydroxylation is 1. The van der Waals surface area contributed by atoms with Crippen LogP contribution in [0.5, 0.6) is 11.5 Å². The van der Waals surface area contributed by atoms with Gasteiger partial charge in [0.2, 0.25) is 0 Å². The Balaban J connectivity index is 1.66. The first kappa shape index (κ1) is 23.0. The van der Waals surface area contributed by atoms with Crippen LogP contribution in [0.3, 0.4) is 0 Å². The Morgan fingerprint density at radius 2 is 1.91 bits per heavy atom. The maximum Gasteiger partial charge on any atom is 0.257 e. The SMILES string of the molecule is CCc1ccc(N(C(=O)/C=C/c2ccc(OCC#N)c(OC)c2)c2nc3ccccc3s2)cc1. The molecule has 1 aromatic heterocycles. The van der Waals surface area contributed by atoms with E-state index in [-0.39, 0.29) is 12.5 Å². The van der Waals surface area contributed by atoms with Crippen LogP contribution in [0.4, 0.5) is 10.8 Å². The summed E-state index contributed by atoms with van der Waals surface area (Å²) in [4.78, 5) is 19.8. The van der Waals surface area contributed by atoms with Crippen molar-refractivity contribution in [2.24, 2.45) is 0 Å². The zero-order valence-electron chi connectivity index (χ0n) is 18.9. The van der Waals surface area contributed by atoms with Crippen molar-refractivity contribution in [1.82, 2.24) is 4.98 Å². The molecule has 7 heteroatoms. The molecule has 34 heavy (non-hydrogen) atoms. The molecule has 1 heterocycles. The number of hydrogen-bond donors (Lipinski definition) is 0. The molecular weight excluding hydrogens is 446 g/mol. The Kier molecular flexibility index (Phi) is 7.21. The molecule has 0 aliphatic heterocycles. The van der Waals surface area contributed by atoms with Crippen LogP contribution >= 0.6 is 11.3 Å². The topological polar surface area (TPSA) is 75.5 Å². The molecule has 4 aromatic rings. The van der Waals surface area contributed by atoms with Crippen LogP contribution in [0, 0.1) is 11.3 Å². The highest BCUT2D eigenvalue weighted by molar-refractivity contribution is 7.22. The van der Waals surface area contributed by atoms with E-state index in [2.05, 4.69) is 6.92 Å². The number of rotatable bonds is 8. The quantitative estimate of drug-likeness (QED) is 0.289. The molecule has 170 valence electrons. The van der Waals surface area contributed by atoms with E-state index in [1.807, 2.05) is 54.6 Å². The predicted octanol–water partition coefficient (Wildman–Crippen LogP) is 6.15. The zero-order chi connectivity index (χ0) is 23.9. The number of benzene rings is 3. The molecule has 0 bridgehead atoms. The number of thiazole rings is 1. The van der Waals surface area contributed by atoms with Gasteiger partial charge in [0.25, 0.3) is 5.91 Å². The average Bonchev–Trinajstić information content (AvgIpc) is 3.30. The number of amides is 1. The number of carbonyl (C=O) groups excluding carboxylic acids is 1. The lowest BCUT2D eigenvalue weighted by atomic mass is 10.1. The predicted molar refractivity (Wildman–Crippen MR) is 136 cm³/mol. The summed E-state index contributed by atoms with van der Waals surface area (Å²) in [5, 5.41) is 9.34. The number of hydrogen-bond acceptors (Lipinski definition) is 6. The van der Waals surface area contributed by atoms with Gasteiger partial charge in [0, 0.05) is 6.08 Å². The monoisotopic (exact) mass is 469 g/mol. The summed E-state index contributed by atoms with van der Waals surface area (Å²) >= 11 is 1.47. The lowest BCUT2D eigenvalue weighted by Gasteiger charge is -2.18. The van der Waals surface area contributed by atoms with Gasteiger partial charge in [-0.25, -0.2) is 4.98 Å². The summed E-state index contributed by atoms with van der Waals surface area (Å²) in [6.07, 6.45) is 4.16. The molecule has 0 spiro atoms. The van der Waals surface area contributed by atoms with Gasteiger partial charge in [0.05, 0.1) is 23.0 Å². The number of para-hydroxylation sites is 1. The second kappa shape index (κ2) is 10.6. The van der Waals surface area contributed by atoms with Crippen molar-refractivity contribution in [1.29, 1.82) is 5.26 Å². The first-order valence-corrected chi connectivity index (χ1v) is 11.6. The van der Waals surface area contributed by atoms with E-state index in [9.17, 15) is 4.79 Å². The van der Waals surface area contributed by atoms with Crippen molar-refractivity contribution in [2.75, 3.05) is 18.6 Å². The smallest absolute Gasteiger partial charge is 0.257 e. The van der Waals surface area contributed by atoms with Crippen LogP contribution in [-0.2, 0) is 11.2 Å². The van der Waals surface area contributed by atoms with Crippen molar-refractivity contribution in [2.45, 2.75) is 13.3 Å². The van der Waals surface area contributed by atoms with Gasteiger partial charge in [-0.3, -0.25) is 9.69 Å². The third-order valence-corrected chi connectivity index (χ3v) is 6.22. The van der Waals surface area contributed by atoms with E-state index in [4.69, 9.17) is 19.7 Å². The Hall–Kier alpha value is -4.15. The van der Waals surface area contributed by atoms with E-state index in [0.717, 1.165) is 27.9 Å². The lowest BCUT2D eigenvalue weighted by molar-refractivity contribution is -0.113. The van der Waals surface area contributed by atoms with Crippen LogP contribution < -0.4 is 14.4 Å². The minimum absolute atomic E-state index is 0.0714. The summed E-state index contributed by atoms with van der Waals surface area (Å²) in [5.41, 5.74) is 3.57. The normalized spacial score (nSPS) is 10.9. The van der Waals surface area contributed by atoms with Crippen LogP contribution in [0.2, 0.25) is 0 Å². The fourth-order valence-electron chi connectivity index (χ4n) is 3.43. The Morgan fingerprint density at radius 3 is 2.62 bits per heavy atom. The number of aromatic nitrogens is 1. The number of anilines is 2. The first-order chi connectivity index (χ1) is 16.6. The van der Waals surface area contributed by atoms with E-state index in [0.29, 0.717) is 16.6 Å².